The van der Waals surface area contributed by atoms with Gasteiger partial charge in [-0.15, -0.1) is 0 Å². The van der Waals surface area contributed by atoms with Gasteiger partial charge in [0.15, 0.2) is 0 Å². The quantitative estimate of drug-likeness (QED) is 0.759. The minimum Gasteiger partial charge on any atom is -0.387 e. The molecule has 0 fully saturated rings. The van der Waals surface area contributed by atoms with Gasteiger partial charge in [0.05, 0.1) is 11.3 Å². The Hall–Kier alpha value is -0.870. The summed E-state index contributed by atoms with van der Waals surface area (Å²) >= 11 is 0. The lowest BCUT2D eigenvalue weighted by atomic mass is 9.89. The SMILES string of the molecule is CCC(O)(CC)C(O)c1ccn(C)n1. The molecule has 14 heavy (non-hydrogen) atoms. The monoisotopic (exact) mass is 198 g/mol. The van der Waals surface area contributed by atoms with Gasteiger partial charge in [-0.2, -0.15) is 5.10 Å². The molecular formula is C10H18N2O2. The Morgan fingerprint density at radius 2 is 2.07 bits per heavy atom. The maximum Gasteiger partial charge on any atom is 0.126 e. The Morgan fingerprint density at radius 3 is 2.43 bits per heavy atom. The smallest absolute Gasteiger partial charge is 0.126 e. The van der Waals surface area contributed by atoms with Crippen LogP contribution in [0.15, 0.2) is 12.3 Å². The zero-order valence-electron chi connectivity index (χ0n) is 8.94. The molecule has 0 spiro atoms. The first-order valence-corrected chi connectivity index (χ1v) is 4.93. The predicted octanol–water partition coefficient (Wildman–Crippen LogP) is 1.00. The first kappa shape index (κ1) is 11.2. The van der Waals surface area contributed by atoms with Crippen LogP contribution >= 0.6 is 0 Å². The summed E-state index contributed by atoms with van der Waals surface area (Å²) < 4.78 is 1.62. The molecule has 0 bridgehead atoms. The second-order valence-corrected chi connectivity index (χ2v) is 3.63. The summed E-state index contributed by atoms with van der Waals surface area (Å²) in [6.45, 7) is 3.71. The Bertz CT molecular complexity index is 292. The van der Waals surface area contributed by atoms with Crippen molar-refractivity contribution in [2.45, 2.75) is 38.4 Å². The molecule has 2 N–H and O–H groups in total. The molecule has 1 heterocycles. The maximum atomic E-state index is 10.1. The maximum absolute atomic E-state index is 10.1. The Kier molecular flexibility index (Phi) is 3.29. The third-order valence-electron chi connectivity index (χ3n) is 2.75. The number of aliphatic hydroxyl groups excluding tert-OH is 1. The van der Waals surface area contributed by atoms with E-state index in [-0.39, 0.29) is 0 Å². The van der Waals surface area contributed by atoms with E-state index in [2.05, 4.69) is 5.10 Å². The number of hydrogen-bond acceptors (Lipinski definition) is 3. The second kappa shape index (κ2) is 4.11. The third-order valence-corrected chi connectivity index (χ3v) is 2.75. The zero-order valence-corrected chi connectivity index (χ0v) is 8.94. The lowest BCUT2D eigenvalue weighted by molar-refractivity contribution is -0.0840. The van der Waals surface area contributed by atoms with Gasteiger partial charge in [0, 0.05) is 13.2 Å². The highest BCUT2D eigenvalue weighted by Crippen LogP contribution is 2.30. The molecule has 4 heteroatoms. The topological polar surface area (TPSA) is 58.3 Å². The molecule has 1 atom stereocenters. The third kappa shape index (κ3) is 1.96. The molecule has 0 radical (unpaired) electrons. The van der Waals surface area contributed by atoms with Gasteiger partial charge >= 0.3 is 0 Å². The number of aryl methyl sites for hydroxylation is 1. The molecule has 1 aromatic rings. The van der Waals surface area contributed by atoms with Crippen LogP contribution in [-0.2, 0) is 7.05 Å². The molecule has 1 unspecified atom stereocenters. The molecule has 0 amide bonds. The van der Waals surface area contributed by atoms with Crippen molar-refractivity contribution in [3.05, 3.63) is 18.0 Å². The minimum atomic E-state index is -1.06. The first-order valence-electron chi connectivity index (χ1n) is 4.93. The molecule has 1 aromatic heterocycles. The van der Waals surface area contributed by atoms with Crippen LogP contribution in [0.2, 0.25) is 0 Å². The van der Waals surface area contributed by atoms with Crippen molar-refractivity contribution in [3.63, 3.8) is 0 Å². The van der Waals surface area contributed by atoms with E-state index in [9.17, 15) is 10.2 Å². The van der Waals surface area contributed by atoms with Gasteiger partial charge in [0.1, 0.15) is 6.10 Å². The Balaban J connectivity index is 2.88. The van der Waals surface area contributed by atoms with Gasteiger partial charge in [0.2, 0.25) is 0 Å². The average Bonchev–Trinajstić information content (AvgIpc) is 2.62. The van der Waals surface area contributed by atoms with Gasteiger partial charge in [0.25, 0.3) is 0 Å². The number of rotatable bonds is 4. The van der Waals surface area contributed by atoms with E-state index >= 15 is 0 Å². The van der Waals surface area contributed by atoms with Crippen molar-refractivity contribution >= 4 is 0 Å². The lowest BCUT2D eigenvalue weighted by Gasteiger charge is -2.29. The largest absolute Gasteiger partial charge is 0.387 e. The van der Waals surface area contributed by atoms with Crippen LogP contribution in [-0.4, -0.2) is 25.6 Å². The summed E-state index contributed by atoms with van der Waals surface area (Å²) in [5.41, 5.74) is -0.535. The molecule has 0 saturated heterocycles. The number of aromatic nitrogens is 2. The fraction of sp³-hybridized carbons (Fsp3) is 0.700. The fourth-order valence-electron chi connectivity index (χ4n) is 1.49. The van der Waals surface area contributed by atoms with E-state index in [1.165, 1.54) is 0 Å². The predicted molar refractivity (Wildman–Crippen MR) is 53.7 cm³/mol. The van der Waals surface area contributed by atoms with Crippen LogP contribution in [0.25, 0.3) is 0 Å². The molecule has 0 aliphatic heterocycles. The van der Waals surface area contributed by atoms with E-state index in [0.29, 0.717) is 18.5 Å². The second-order valence-electron chi connectivity index (χ2n) is 3.63. The summed E-state index contributed by atoms with van der Waals surface area (Å²) in [7, 11) is 1.78. The lowest BCUT2D eigenvalue weighted by Crippen LogP contribution is -2.35. The Morgan fingerprint density at radius 1 is 1.50 bits per heavy atom. The number of hydrogen-bond donors (Lipinski definition) is 2. The van der Waals surface area contributed by atoms with Crippen LogP contribution < -0.4 is 0 Å². The molecule has 80 valence electrons. The summed E-state index contributed by atoms with van der Waals surface area (Å²) in [6.07, 6.45) is 1.88. The van der Waals surface area contributed by atoms with Crippen molar-refractivity contribution in [2.75, 3.05) is 0 Å². The zero-order chi connectivity index (χ0) is 10.8. The van der Waals surface area contributed by atoms with Gasteiger partial charge in [-0.05, 0) is 18.9 Å². The molecule has 4 nitrogen and oxygen atoms in total. The highest BCUT2D eigenvalue weighted by atomic mass is 16.3. The summed E-state index contributed by atoms with van der Waals surface area (Å²) in [5, 5.41) is 24.1. The van der Waals surface area contributed by atoms with Crippen molar-refractivity contribution in [1.29, 1.82) is 0 Å². The first-order chi connectivity index (χ1) is 6.53. The van der Waals surface area contributed by atoms with Crippen LogP contribution in [0.3, 0.4) is 0 Å². The van der Waals surface area contributed by atoms with E-state index in [4.69, 9.17) is 0 Å². The normalized spacial score (nSPS) is 14.4. The van der Waals surface area contributed by atoms with Crippen LogP contribution in [0.1, 0.15) is 38.5 Å². The van der Waals surface area contributed by atoms with Gasteiger partial charge in [-0.25, -0.2) is 0 Å². The fourth-order valence-corrected chi connectivity index (χ4v) is 1.49. The van der Waals surface area contributed by atoms with E-state index < -0.39 is 11.7 Å². The standard InChI is InChI=1S/C10H18N2O2/c1-4-10(14,5-2)9(13)8-6-7-12(3)11-8/h6-7,9,13-14H,4-5H2,1-3H3. The molecule has 0 aliphatic carbocycles. The van der Waals surface area contributed by atoms with Crippen LogP contribution in [0.4, 0.5) is 0 Å². The van der Waals surface area contributed by atoms with E-state index in [1.807, 2.05) is 13.8 Å². The summed E-state index contributed by atoms with van der Waals surface area (Å²) in [6, 6.07) is 1.72. The summed E-state index contributed by atoms with van der Waals surface area (Å²) in [5.74, 6) is 0. The molecule has 0 aliphatic rings. The van der Waals surface area contributed by atoms with Crippen molar-refractivity contribution in [2.24, 2.45) is 7.05 Å². The van der Waals surface area contributed by atoms with Crippen LogP contribution in [0.5, 0.6) is 0 Å². The number of aliphatic hydroxyl groups is 2. The summed E-state index contributed by atoms with van der Waals surface area (Å²) in [4.78, 5) is 0. The molecular weight excluding hydrogens is 180 g/mol. The minimum absolute atomic E-state index is 0.515. The highest BCUT2D eigenvalue weighted by molar-refractivity contribution is 5.08. The molecule has 0 aromatic carbocycles. The van der Waals surface area contributed by atoms with E-state index in [1.54, 1.807) is 24.0 Å². The van der Waals surface area contributed by atoms with Crippen molar-refractivity contribution < 1.29 is 10.2 Å². The van der Waals surface area contributed by atoms with Crippen molar-refractivity contribution in [1.82, 2.24) is 9.78 Å². The van der Waals surface area contributed by atoms with Gasteiger partial charge in [-0.3, -0.25) is 4.68 Å². The van der Waals surface area contributed by atoms with Gasteiger partial charge in [-0.1, -0.05) is 13.8 Å². The highest BCUT2D eigenvalue weighted by Gasteiger charge is 2.34. The molecule has 0 saturated carbocycles. The average molecular weight is 198 g/mol. The van der Waals surface area contributed by atoms with Crippen LogP contribution in [0, 0.1) is 0 Å². The Labute approximate surface area is 84.2 Å². The van der Waals surface area contributed by atoms with Crippen molar-refractivity contribution in [3.8, 4) is 0 Å². The van der Waals surface area contributed by atoms with E-state index in [0.717, 1.165) is 0 Å². The van der Waals surface area contributed by atoms with Gasteiger partial charge < -0.3 is 10.2 Å². The number of nitrogens with zero attached hydrogens (tertiary/aromatic N) is 2. The molecule has 1 rings (SSSR count).